The molecule has 0 aromatic carbocycles. The molecule has 1 saturated carbocycles. The van der Waals surface area contributed by atoms with Crippen LogP contribution in [0, 0.1) is 11.8 Å². The van der Waals surface area contributed by atoms with Crippen molar-refractivity contribution in [2.45, 2.75) is 116 Å². The Kier molecular flexibility index (Phi) is 13.1. The van der Waals surface area contributed by atoms with E-state index in [-0.39, 0.29) is 12.0 Å². The van der Waals surface area contributed by atoms with Gasteiger partial charge in [0.25, 0.3) is 0 Å². The smallest absolute Gasteiger partial charge is 0.309 e. The Morgan fingerprint density at radius 1 is 0.920 bits per heavy atom. The molecule has 1 N–H and O–H groups in total. The van der Waals surface area contributed by atoms with Crippen molar-refractivity contribution in [1.29, 1.82) is 0 Å². The van der Waals surface area contributed by atoms with Crippen LogP contribution in [0.3, 0.4) is 0 Å². The molecule has 25 heavy (non-hydrogen) atoms. The normalized spacial score (nSPS) is 16.7. The first-order valence-corrected chi connectivity index (χ1v) is 11.0. The van der Waals surface area contributed by atoms with Gasteiger partial charge in [0.15, 0.2) is 0 Å². The zero-order chi connectivity index (χ0) is 18.3. The monoisotopic (exact) mass is 354 g/mol. The lowest BCUT2D eigenvalue weighted by atomic mass is 9.97. The van der Waals surface area contributed by atoms with Crippen LogP contribution in [-0.2, 0) is 9.53 Å². The van der Waals surface area contributed by atoms with Gasteiger partial charge in [-0.2, -0.15) is 0 Å². The van der Waals surface area contributed by atoms with Crippen molar-refractivity contribution in [3.05, 3.63) is 0 Å². The van der Waals surface area contributed by atoms with Gasteiger partial charge < -0.3 is 9.84 Å². The van der Waals surface area contributed by atoms with E-state index >= 15 is 0 Å². The van der Waals surface area contributed by atoms with Crippen LogP contribution in [0.25, 0.3) is 0 Å². The third-order valence-electron chi connectivity index (χ3n) is 5.55. The van der Waals surface area contributed by atoms with Gasteiger partial charge in [0, 0.05) is 6.61 Å². The lowest BCUT2D eigenvalue weighted by Gasteiger charge is -2.20. The number of hydrogen-bond acceptors (Lipinski definition) is 2. The van der Waals surface area contributed by atoms with Gasteiger partial charge in [0.2, 0.25) is 0 Å². The topological polar surface area (TPSA) is 46.5 Å². The van der Waals surface area contributed by atoms with Gasteiger partial charge in [-0.25, -0.2) is 0 Å². The molecule has 1 fully saturated rings. The molecular formula is C22H42O3. The van der Waals surface area contributed by atoms with Gasteiger partial charge in [0.1, 0.15) is 0 Å². The fraction of sp³-hybridized carbons (Fsp3) is 0.955. The van der Waals surface area contributed by atoms with Gasteiger partial charge in [-0.1, -0.05) is 90.4 Å². The Morgan fingerprint density at radius 2 is 1.40 bits per heavy atom. The van der Waals surface area contributed by atoms with Gasteiger partial charge in [-0.3, -0.25) is 4.79 Å². The number of ether oxygens (including phenoxy) is 1. The van der Waals surface area contributed by atoms with Crippen LogP contribution in [0.2, 0.25) is 0 Å². The number of unbranched alkanes of at least 4 members (excludes halogenated alkanes) is 11. The number of rotatable bonds is 18. The second-order valence-electron chi connectivity index (χ2n) is 8.09. The molecule has 3 nitrogen and oxygen atoms in total. The molecule has 0 saturated heterocycles. The molecular weight excluding hydrogens is 312 g/mol. The summed E-state index contributed by atoms with van der Waals surface area (Å²) in [6.07, 6.45) is 19.1. The van der Waals surface area contributed by atoms with E-state index in [4.69, 9.17) is 4.74 Å². The van der Waals surface area contributed by atoms with E-state index in [0.29, 0.717) is 12.5 Å². The van der Waals surface area contributed by atoms with Gasteiger partial charge in [-0.05, 0) is 25.7 Å². The molecule has 0 aromatic heterocycles. The second-order valence-corrected chi connectivity index (χ2v) is 8.09. The summed E-state index contributed by atoms with van der Waals surface area (Å²) in [5, 5.41) is 9.34. The van der Waals surface area contributed by atoms with Gasteiger partial charge in [-0.15, -0.1) is 0 Å². The lowest BCUT2D eigenvalue weighted by molar-refractivity contribution is -0.147. The molecule has 3 heteroatoms. The zero-order valence-electron chi connectivity index (χ0n) is 16.8. The number of carbonyl (C=O) groups is 1. The highest BCUT2D eigenvalue weighted by atomic mass is 16.5. The van der Waals surface area contributed by atoms with Crippen LogP contribution in [-0.4, -0.2) is 23.8 Å². The SMILES string of the molecule is CCCCCCCCCCCCCCOC(C)C(CC1CC1)C(=O)O. The quantitative estimate of drug-likeness (QED) is 0.282. The molecule has 0 radical (unpaired) electrons. The van der Waals surface area contributed by atoms with E-state index < -0.39 is 5.97 Å². The number of aliphatic carboxylic acids is 1. The maximum atomic E-state index is 11.4. The van der Waals surface area contributed by atoms with E-state index in [0.717, 1.165) is 12.8 Å². The molecule has 0 spiro atoms. The van der Waals surface area contributed by atoms with E-state index in [2.05, 4.69) is 6.92 Å². The Bertz CT molecular complexity index is 325. The van der Waals surface area contributed by atoms with Crippen LogP contribution in [0.4, 0.5) is 0 Å². The molecule has 0 amide bonds. The predicted molar refractivity (Wildman–Crippen MR) is 105 cm³/mol. The summed E-state index contributed by atoms with van der Waals surface area (Å²) in [5.41, 5.74) is 0. The number of carboxylic acids is 1. The average Bonchev–Trinajstić information content (AvgIpc) is 3.40. The minimum Gasteiger partial charge on any atom is -0.481 e. The Morgan fingerprint density at radius 3 is 1.84 bits per heavy atom. The zero-order valence-corrected chi connectivity index (χ0v) is 16.8. The lowest BCUT2D eigenvalue weighted by Crippen LogP contribution is -2.29. The van der Waals surface area contributed by atoms with Crippen molar-refractivity contribution < 1.29 is 14.6 Å². The van der Waals surface area contributed by atoms with Crippen molar-refractivity contribution in [2.24, 2.45) is 11.8 Å². The van der Waals surface area contributed by atoms with Gasteiger partial charge in [0.05, 0.1) is 12.0 Å². The number of carboxylic acid groups (broad SMARTS) is 1. The van der Waals surface area contributed by atoms with Crippen LogP contribution >= 0.6 is 0 Å². The maximum Gasteiger partial charge on any atom is 0.309 e. The summed E-state index contributed by atoms with van der Waals surface area (Å²) < 4.78 is 5.81. The minimum absolute atomic E-state index is 0.147. The molecule has 2 atom stereocenters. The Balaban J connectivity index is 1.86. The fourth-order valence-electron chi connectivity index (χ4n) is 3.53. The maximum absolute atomic E-state index is 11.4. The first-order valence-electron chi connectivity index (χ1n) is 11.0. The van der Waals surface area contributed by atoms with Gasteiger partial charge >= 0.3 is 5.97 Å². The van der Waals surface area contributed by atoms with Crippen LogP contribution < -0.4 is 0 Å². The number of hydrogen-bond donors (Lipinski definition) is 1. The molecule has 148 valence electrons. The first-order chi connectivity index (χ1) is 12.1. The molecule has 0 aliphatic heterocycles. The minimum atomic E-state index is -0.686. The third-order valence-corrected chi connectivity index (χ3v) is 5.55. The molecule has 0 bridgehead atoms. The van der Waals surface area contributed by atoms with Crippen molar-refractivity contribution in [3.63, 3.8) is 0 Å². The van der Waals surface area contributed by atoms with E-state index in [1.807, 2.05) is 6.92 Å². The molecule has 0 aromatic rings. The summed E-state index contributed by atoms with van der Waals surface area (Å²) in [4.78, 5) is 11.4. The van der Waals surface area contributed by atoms with E-state index in [1.54, 1.807) is 0 Å². The third kappa shape index (κ3) is 12.4. The van der Waals surface area contributed by atoms with Crippen LogP contribution in [0.5, 0.6) is 0 Å². The molecule has 1 aliphatic carbocycles. The average molecular weight is 355 g/mol. The molecule has 0 heterocycles. The first kappa shape index (κ1) is 22.5. The predicted octanol–water partition coefficient (Wildman–Crippen LogP) is 6.59. The van der Waals surface area contributed by atoms with Crippen molar-refractivity contribution in [3.8, 4) is 0 Å². The summed E-state index contributed by atoms with van der Waals surface area (Å²) in [6.45, 7) is 4.92. The summed E-state index contributed by atoms with van der Waals surface area (Å²) in [7, 11) is 0. The second kappa shape index (κ2) is 14.6. The van der Waals surface area contributed by atoms with Crippen LogP contribution in [0.1, 0.15) is 110 Å². The highest BCUT2D eigenvalue weighted by Gasteiger charge is 2.33. The van der Waals surface area contributed by atoms with E-state index in [1.165, 1.54) is 83.5 Å². The molecule has 1 aliphatic rings. The summed E-state index contributed by atoms with van der Waals surface area (Å²) >= 11 is 0. The van der Waals surface area contributed by atoms with Crippen LogP contribution in [0.15, 0.2) is 0 Å². The highest BCUT2D eigenvalue weighted by molar-refractivity contribution is 5.70. The summed E-state index contributed by atoms with van der Waals surface area (Å²) in [5.74, 6) is -0.363. The largest absolute Gasteiger partial charge is 0.481 e. The van der Waals surface area contributed by atoms with Crippen molar-refractivity contribution in [2.75, 3.05) is 6.61 Å². The molecule has 1 rings (SSSR count). The Labute approximate surface area is 155 Å². The highest BCUT2D eigenvalue weighted by Crippen LogP contribution is 2.36. The standard InChI is InChI=1S/C22H42O3/c1-3-4-5-6-7-8-9-10-11-12-13-14-17-25-19(2)21(22(23)24)18-20-15-16-20/h19-21H,3-18H2,1-2H3,(H,23,24). The molecule has 2 unspecified atom stereocenters. The van der Waals surface area contributed by atoms with Crippen molar-refractivity contribution in [1.82, 2.24) is 0 Å². The Hall–Kier alpha value is -0.570. The summed E-state index contributed by atoms with van der Waals surface area (Å²) in [6, 6.07) is 0. The van der Waals surface area contributed by atoms with E-state index in [9.17, 15) is 9.90 Å². The fourth-order valence-corrected chi connectivity index (χ4v) is 3.53. The van der Waals surface area contributed by atoms with Crippen molar-refractivity contribution >= 4 is 5.97 Å².